The van der Waals surface area contributed by atoms with E-state index in [-0.39, 0.29) is 11.8 Å². The van der Waals surface area contributed by atoms with E-state index in [9.17, 15) is 13.2 Å². The normalized spacial score (nSPS) is 18.6. The molecule has 1 saturated heterocycles. The summed E-state index contributed by atoms with van der Waals surface area (Å²) < 4.78 is 28.5. The minimum absolute atomic E-state index is 0.0470. The van der Waals surface area contributed by atoms with Gasteiger partial charge < -0.3 is 9.47 Å². The highest BCUT2D eigenvalue weighted by Gasteiger charge is 2.34. The van der Waals surface area contributed by atoms with Crippen LogP contribution in [0.25, 0.3) is 0 Å². The fourth-order valence-electron chi connectivity index (χ4n) is 4.18. The number of amides is 1. The van der Waals surface area contributed by atoms with Crippen molar-refractivity contribution in [2.45, 2.75) is 57.9 Å². The SMILES string of the molecule is Cc1cncc(C(=O)N2CCn3c(nnc3C3CCN(S(=O)(=O)C(C)C)CC3)C2)c1. The standard InChI is InChI=1S/C20H28N6O3S/c1-14(2)30(28,29)25-6-4-16(5-7-25)19-23-22-18-13-24(8-9-26(18)19)20(27)17-10-15(3)11-21-12-17/h10-12,14,16H,4-9,13H2,1-3H3. The zero-order valence-corrected chi connectivity index (χ0v) is 18.5. The molecule has 162 valence electrons. The molecular formula is C20H28N6O3S. The van der Waals surface area contributed by atoms with E-state index in [4.69, 9.17) is 0 Å². The molecule has 0 aromatic carbocycles. The topological polar surface area (TPSA) is 101 Å². The molecule has 1 fully saturated rings. The van der Waals surface area contributed by atoms with Crippen LogP contribution in [0.2, 0.25) is 0 Å². The van der Waals surface area contributed by atoms with Crippen LogP contribution < -0.4 is 0 Å². The molecule has 10 heteroatoms. The van der Waals surface area contributed by atoms with Gasteiger partial charge in [0.05, 0.1) is 17.4 Å². The average Bonchev–Trinajstić information content (AvgIpc) is 3.16. The summed E-state index contributed by atoms with van der Waals surface area (Å²) in [6.07, 6.45) is 4.80. The van der Waals surface area contributed by atoms with Gasteiger partial charge in [-0.1, -0.05) is 0 Å². The van der Waals surface area contributed by atoms with Crippen molar-refractivity contribution in [1.82, 2.24) is 29.0 Å². The molecular weight excluding hydrogens is 404 g/mol. The highest BCUT2D eigenvalue weighted by molar-refractivity contribution is 7.89. The number of carbonyl (C=O) groups excluding carboxylic acids is 1. The van der Waals surface area contributed by atoms with Gasteiger partial charge in [0.15, 0.2) is 5.82 Å². The van der Waals surface area contributed by atoms with Gasteiger partial charge >= 0.3 is 0 Å². The molecule has 1 amide bonds. The zero-order valence-electron chi connectivity index (χ0n) is 17.7. The lowest BCUT2D eigenvalue weighted by molar-refractivity contribution is 0.0705. The summed E-state index contributed by atoms with van der Waals surface area (Å²) in [5.41, 5.74) is 1.54. The summed E-state index contributed by atoms with van der Waals surface area (Å²) in [7, 11) is -3.21. The minimum atomic E-state index is -3.21. The number of hydrogen-bond donors (Lipinski definition) is 0. The maximum Gasteiger partial charge on any atom is 0.255 e. The van der Waals surface area contributed by atoms with Gasteiger partial charge in [-0.3, -0.25) is 9.78 Å². The van der Waals surface area contributed by atoms with Crippen molar-refractivity contribution < 1.29 is 13.2 Å². The van der Waals surface area contributed by atoms with E-state index in [1.807, 2.05) is 13.0 Å². The molecule has 2 aromatic rings. The van der Waals surface area contributed by atoms with Crippen LogP contribution in [0.5, 0.6) is 0 Å². The molecule has 0 aliphatic carbocycles. The number of rotatable bonds is 4. The Kier molecular flexibility index (Phi) is 5.63. The van der Waals surface area contributed by atoms with Crippen LogP contribution >= 0.6 is 0 Å². The van der Waals surface area contributed by atoms with Crippen molar-refractivity contribution >= 4 is 15.9 Å². The van der Waals surface area contributed by atoms with E-state index in [0.29, 0.717) is 38.3 Å². The van der Waals surface area contributed by atoms with Crippen LogP contribution in [-0.4, -0.2) is 68.2 Å². The molecule has 2 aliphatic heterocycles. The summed E-state index contributed by atoms with van der Waals surface area (Å²) in [5, 5.41) is 8.36. The predicted octanol–water partition coefficient (Wildman–Crippen LogP) is 1.56. The summed E-state index contributed by atoms with van der Waals surface area (Å²) in [6.45, 7) is 8.03. The molecule has 4 rings (SSSR count). The molecule has 0 unspecified atom stereocenters. The Bertz CT molecular complexity index is 1040. The smallest absolute Gasteiger partial charge is 0.255 e. The summed E-state index contributed by atoms with van der Waals surface area (Å²) in [6, 6.07) is 1.85. The molecule has 9 nitrogen and oxygen atoms in total. The van der Waals surface area contributed by atoms with Gasteiger partial charge in [0.2, 0.25) is 10.0 Å². The van der Waals surface area contributed by atoms with Gasteiger partial charge in [-0.15, -0.1) is 10.2 Å². The van der Waals surface area contributed by atoms with Crippen molar-refractivity contribution in [3.63, 3.8) is 0 Å². The number of pyridine rings is 1. The molecule has 0 N–H and O–H groups in total. The van der Waals surface area contributed by atoms with Gasteiger partial charge in [-0.05, 0) is 45.2 Å². The fourth-order valence-corrected chi connectivity index (χ4v) is 5.49. The van der Waals surface area contributed by atoms with Crippen molar-refractivity contribution in [1.29, 1.82) is 0 Å². The molecule has 2 aliphatic rings. The number of sulfonamides is 1. The molecule has 0 radical (unpaired) electrons. The Labute approximate surface area is 177 Å². The molecule has 0 atom stereocenters. The highest BCUT2D eigenvalue weighted by Crippen LogP contribution is 2.30. The van der Waals surface area contributed by atoms with E-state index in [0.717, 1.165) is 30.1 Å². The molecule has 0 saturated carbocycles. The predicted molar refractivity (Wildman–Crippen MR) is 111 cm³/mol. The minimum Gasteiger partial charge on any atom is -0.329 e. The first-order valence-corrected chi connectivity index (χ1v) is 11.9. The van der Waals surface area contributed by atoms with Crippen molar-refractivity contribution in [2.24, 2.45) is 0 Å². The molecule has 30 heavy (non-hydrogen) atoms. The van der Waals surface area contributed by atoms with Crippen molar-refractivity contribution in [3.8, 4) is 0 Å². The summed E-state index contributed by atoms with van der Waals surface area (Å²) in [5.74, 6) is 1.83. The quantitative estimate of drug-likeness (QED) is 0.727. The van der Waals surface area contributed by atoms with Gasteiger partial charge in [-0.25, -0.2) is 12.7 Å². The maximum atomic E-state index is 12.8. The largest absolute Gasteiger partial charge is 0.329 e. The van der Waals surface area contributed by atoms with E-state index in [1.54, 1.807) is 35.4 Å². The van der Waals surface area contributed by atoms with Crippen LogP contribution in [0.3, 0.4) is 0 Å². The number of fused-ring (bicyclic) bond motifs is 1. The second kappa shape index (κ2) is 8.07. The number of aromatic nitrogens is 4. The Morgan fingerprint density at radius 3 is 2.50 bits per heavy atom. The first-order valence-electron chi connectivity index (χ1n) is 10.4. The Morgan fingerprint density at radius 2 is 1.83 bits per heavy atom. The number of aryl methyl sites for hydroxylation is 1. The highest BCUT2D eigenvalue weighted by atomic mass is 32.2. The first-order chi connectivity index (χ1) is 14.3. The third-order valence-electron chi connectivity index (χ3n) is 5.97. The van der Waals surface area contributed by atoms with E-state index in [1.165, 1.54) is 0 Å². The third-order valence-corrected chi connectivity index (χ3v) is 8.24. The average molecular weight is 433 g/mol. The lowest BCUT2D eigenvalue weighted by Gasteiger charge is -2.33. The van der Waals surface area contributed by atoms with Crippen LogP contribution in [-0.2, 0) is 23.1 Å². The third kappa shape index (κ3) is 3.85. The van der Waals surface area contributed by atoms with Crippen LogP contribution in [0, 0.1) is 6.92 Å². The van der Waals surface area contributed by atoms with Crippen LogP contribution in [0.4, 0.5) is 0 Å². The Balaban J connectivity index is 1.44. The second-order valence-electron chi connectivity index (χ2n) is 8.37. The number of nitrogens with zero attached hydrogens (tertiary/aromatic N) is 6. The van der Waals surface area contributed by atoms with Crippen molar-refractivity contribution in [3.05, 3.63) is 41.2 Å². The van der Waals surface area contributed by atoms with Gasteiger partial charge in [0.25, 0.3) is 5.91 Å². The van der Waals surface area contributed by atoms with E-state index < -0.39 is 15.3 Å². The van der Waals surface area contributed by atoms with Gasteiger partial charge in [0, 0.05) is 44.5 Å². The lowest BCUT2D eigenvalue weighted by atomic mass is 9.97. The van der Waals surface area contributed by atoms with E-state index in [2.05, 4.69) is 19.7 Å². The Hall–Kier alpha value is -2.33. The number of carbonyl (C=O) groups is 1. The Morgan fingerprint density at radius 1 is 1.10 bits per heavy atom. The van der Waals surface area contributed by atoms with Crippen molar-refractivity contribution in [2.75, 3.05) is 19.6 Å². The second-order valence-corrected chi connectivity index (χ2v) is 10.9. The number of piperidine rings is 1. The van der Waals surface area contributed by atoms with Gasteiger partial charge in [-0.2, -0.15) is 0 Å². The van der Waals surface area contributed by atoms with Crippen LogP contribution in [0.1, 0.15) is 60.2 Å². The van der Waals surface area contributed by atoms with E-state index >= 15 is 0 Å². The summed E-state index contributed by atoms with van der Waals surface area (Å²) >= 11 is 0. The maximum absolute atomic E-state index is 12.8. The van der Waals surface area contributed by atoms with Crippen LogP contribution in [0.15, 0.2) is 18.5 Å². The first kappa shape index (κ1) is 20.9. The summed E-state index contributed by atoms with van der Waals surface area (Å²) in [4.78, 5) is 18.7. The number of hydrogen-bond acceptors (Lipinski definition) is 6. The fraction of sp³-hybridized carbons (Fsp3) is 0.600. The molecule has 0 spiro atoms. The molecule has 2 aromatic heterocycles. The monoisotopic (exact) mass is 432 g/mol. The zero-order chi connectivity index (χ0) is 21.5. The molecule has 0 bridgehead atoms. The van der Waals surface area contributed by atoms with Gasteiger partial charge in [0.1, 0.15) is 5.82 Å². The molecule has 4 heterocycles. The lowest BCUT2D eigenvalue weighted by Crippen LogP contribution is -2.42.